The van der Waals surface area contributed by atoms with Crippen LogP contribution in [0, 0.1) is 0 Å². The van der Waals surface area contributed by atoms with Crippen LogP contribution >= 0.6 is 35.7 Å². The first kappa shape index (κ1) is 21.8. The molecule has 0 saturated carbocycles. The van der Waals surface area contributed by atoms with Crippen molar-refractivity contribution >= 4 is 47.6 Å². The zero-order valence-corrected chi connectivity index (χ0v) is 17.6. The van der Waals surface area contributed by atoms with Crippen LogP contribution < -0.4 is 10.6 Å². The molecular formula is C15H31IN4OS. The van der Waals surface area contributed by atoms with E-state index < -0.39 is 0 Å². The molecule has 1 unspecified atom stereocenters. The summed E-state index contributed by atoms with van der Waals surface area (Å²) in [4.78, 5) is 18.3. The molecular weight excluding hydrogens is 411 g/mol. The number of guanidine groups is 1. The Bertz CT molecular complexity index is 377. The number of halogens is 1. The van der Waals surface area contributed by atoms with E-state index in [-0.39, 0.29) is 34.6 Å². The third-order valence-corrected chi connectivity index (χ3v) is 4.93. The Balaban J connectivity index is 0.00000441. The third kappa shape index (κ3) is 7.39. The van der Waals surface area contributed by atoms with Crippen molar-refractivity contribution < 1.29 is 4.79 Å². The van der Waals surface area contributed by atoms with Crippen molar-refractivity contribution in [2.45, 2.75) is 51.3 Å². The Morgan fingerprint density at radius 2 is 2.09 bits per heavy atom. The Morgan fingerprint density at radius 1 is 1.41 bits per heavy atom. The molecule has 0 aromatic carbocycles. The molecule has 130 valence electrons. The molecule has 0 bridgehead atoms. The van der Waals surface area contributed by atoms with Gasteiger partial charge in [0.2, 0.25) is 5.91 Å². The molecule has 1 heterocycles. The summed E-state index contributed by atoms with van der Waals surface area (Å²) in [6.07, 6.45) is 3.69. The van der Waals surface area contributed by atoms with Crippen molar-refractivity contribution in [3.8, 4) is 0 Å². The molecule has 1 aliphatic heterocycles. The van der Waals surface area contributed by atoms with Crippen molar-refractivity contribution in [3.63, 3.8) is 0 Å². The van der Waals surface area contributed by atoms with Gasteiger partial charge in [0.25, 0.3) is 0 Å². The van der Waals surface area contributed by atoms with Crippen LogP contribution in [0.5, 0.6) is 0 Å². The molecule has 1 amide bonds. The summed E-state index contributed by atoms with van der Waals surface area (Å²) < 4.78 is 0.141. The SMILES string of the molecule is CCNC(=NCC(C)(C)SC)NC1CCN(C(=O)CC)C1.I. The first-order valence-corrected chi connectivity index (χ1v) is 9.02. The standard InChI is InChI=1S/C15H30N4OS.HI/c1-6-13(20)19-9-8-12(10-19)18-14(16-7-2)17-11-15(3,4)21-5;/h12H,6-11H2,1-5H3,(H2,16,17,18);1H. The fourth-order valence-electron chi connectivity index (χ4n) is 2.18. The normalized spacial score (nSPS) is 18.9. The minimum Gasteiger partial charge on any atom is -0.357 e. The average Bonchev–Trinajstić information content (AvgIpc) is 2.93. The van der Waals surface area contributed by atoms with Gasteiger partial charge in [-0.1, -0.05) is 6.92 Å². The van der Waals surface area contributed by atoms with Gasteiger partial charge in [-0.15, -0.1) is 24.0 Å². The van der Waals surface area contributed by atoms with E-state index in [4.69, 9.17) is 0 Å². The summed E-state index contributed by atoms with van der Waals surface area (Å²) in [7, 11) is 0. The maximum absolute atomic E-state index is 11.7. The van der Waals surface area contributed by atoms with E-state index in [0.29, 0.717) is 12.5 Å². The summed E-state index contributed by atoms with van der Waals surface area (Å²) in [5.74, 6) is 1.10. The maximum atomic E-state index is 11.7. The van der Waals surface area contributed by atoms with Crippen LogP contribution in [-0.4, -0.2) is 60.0 Å². The minimum absolute atomic E-state index is 0. The molecule has 0 aliphatic carbocycles. The van der Waals surface area contributed by atoms with Crippen molar-refractivity contribution in [1.29, 1.82) is 0 Å². The van der Waals surface area contributed by atoms with Crippen LogP contribution in [-0.2, 0) is 4.79 Å². The summed E-state index contributed by atoms with van der Waals surface area (Å²) in [5.41, 5.74) is 0. The number of aliphatic imine (C=N–C) groups is 1. The van der Waals surface area contributed by atoms with Gasteiger partial charge in [-0.3, -0.25) is 9.79 Å². The molecule has 0 aromatic rings. The van der Waals surface area contributed by atoms with E-state index >= 15 is 0 Å². The lowest BCUT2D eigenvalue weighted by Crippen LogP contribution is -2.45. The highest BCUT2D eigenvalue weighted by Crippen LogP contribution is 2.21. The van der Waals surface area contributed by atoms with E-state index in [0.717, 1.165) is 38.6 Å². The van der Waals surface area contributed by atoms with Crippen LogP contribution in [0.2, 0.25) is 0 Å². The highest BCUT2D eigenvalue weighted by atomic mass is 127. The van der Waals surface area contributed by atoms with E-state index in [1.807, 2.05) is 23.6 Å². The molecule has 0 spiro atoms. The lowest BCUT2D eigenvalue weighted by atomic mass is 10.2. The average molecular weight is 442 g/mol. The van der Waals surface area contributed by atoms with E-state index in [1.165, 1.54) is 0 Å². The molecule has 1 rings (SSSR count). The first-order chi connectivity index (χ1) is 9.91. The van der Waals surface area contributed by atoms with E-state index in [9.17, 15) is 4.79 Å². The van der Waals surface area contributed by atoms with Crippen molar-refractivity contribution in [2.75, 3.05) is 32.4 Å². The van der Waals surface area contributed by atoms with Gasteiger partial charge in [-0.05, 0) is 33.4 Å². The monoisotopic (exact) mass is 442 g/mol. The molecule has 2 N–H and O–H groups in total. The fraction of sp³-hybridized carbons (Fsp3) is 0.867. The zero-order chi connectivity index (χ0) is 15.9. The molecule has 22 heavy (non-hydrogen) atoms. The summed E-state index contributed by atoms with van der Waals surface area (Å²) in [5, 5.41) is 6.75. The van der Waals surface area contributed by atoms with Crippen LogP contribution in [0.4, 0.5) is 0 Å². The Kier molecular flexibility index (Phi) is 10.5. The van der Waals surface area contributed by atoms with Crippen molar-refractivity contribution in [3.05, 3.63) is 0 Å². The molecule has 5 nitrogen and oxygen atoms in total. The lowest BCUT2D eigenvalue weighted by Gasteiger charge is -2.22. The van der Waals surface area contributed by atoms with Crippen LogP contribution in [0.1, 0.15) is 40.5 Å². The number of nitrogens with one attached hydrogen (secondary N) is 2. The Morgan fingerprint density at radius 3 is 2.64 bits per heavy atom. The minimum atomic E-state index is 0. The fourth-order valence-corrected chi connectivity index (χ4v) is 2.37. The molecule has 0 radical (unpaired) electrons. The summed E-state index contributed by atoms with van der Waals surface area (Å²) in [6.45, 7) is 11.6. The van der Waals surface area contributed by atoms with Crippen molar-refractivity contribution in [1.82, 2.24) is 15.5 Å². The molecule has 1 fully saturated rings. The molecule has 7 heteroatoms. The van der Waals surface area contributed by atoms with Gasteiger partial charge in [0.15, 0.2) is 5.96 Å². The topological polar surface area (TPSA) is 56.7 Å². The third-order valence-electron chi connectivity index (χ3n) is 3.70. The summed E-state index contributed by atoms with van der Waals surface area (Å²) >= 11 is 1.82. The van der Waals surface area contributed by atoms with E-state index in [1.54, 1.807) is 0 Å². The smallest absolute Gasteiger partial charge is 0.222 e. The quantitative estimate of drug-likeness (QED) is 0.377. The largest absolute Gasteiger partial charge is 0.357 e. The number of hydrogen-bond donors (Lipinski definition) is 2. The number of carbonyl (C=O) groups excluding carboxylic acids is 1. The molecule has 0 aromatic heterocycles. The Labute approximate surface area is 156 Å². The van der Waals surface area contributed by atoms with Crippen LogP contribution in [0.3, 0.4) is 0 Å². The maximum Gasteiger partial charge on any atom is 0.222 e. The molecule has 1 saturated heterocycles. The zero-order valence-electron chi connectivity index (χ0n) is 14.4. The van der Waals surface area contributed by atoms with Gasteiger partial charge in [-0.25, -0.2) is 0 Å². The predicted octanol–water partition coefficient (Wildman–Crippen LogP) is 2.31. The highest BCUT2D eigenvalue weighted by Gasteiger charge is 2.26. The van der Waals surface area contributed by atoms with Gasteiger partial charge in [0.05, 0.1) is 6.54 Å². The van der Waals surface area contributed by atoms with Gasteiger partial charge >= 0.3 is 0 Å². The summed E-state index contributed by atoms with van der Waals surface area (Å²) in [6, 6.07) is 0.302. The number of likely N-dealkylation sites (tertiary alicyclic amines) is 1. The Hall–Kier alpha value is -0.180. The van der Waals surface area contributed by atoms with E-state index in [2.05, 4.69) is 42.7 Å². The van der Waals surface area contributed by atoms with Gasteiger partial charge in [-0.2, -0.15) is 11.8 Å². The number of rotatable bonds is 6. The van der Waals surface area contributed by atoms with Gasteiger partial charge < -0.3 is 15.5 Å². The lowest BCUT2D eigenvalue weighted by molar-refractivity contribution is -0.129. The molecule has 1 aliphatic rings. The number of thioether (sulfide) groups is 1. The number of nitrogens with zero attached hydrogens (tertiary/aromatic N) is 2. The van der Waals surface area contributed by atoms with Crippen LogP contribution in [0.15, 0.2) is 4.99 Å². The van der Waals surface area contributed by atoms with Gasteiger partial charge in [0, 0.05) is 36.8 Å². The number of hydrogen-bond acceptors (Lipinski definition) is 3. The number of amides is 1. The first-order valence-electron chi connectivity index (χ1n) is 7.79. The second-order valence-electron chi connectivity index (χ2n) is 5.98. The molecule has 1 atom stereocenters. The van der Waals surface area contributed by atoms with Gasteiger partial charge in [0.1, 0.15) is 0 Å². The van der Waals surface area contributed by atoms with Crippen LogP contribution in [0.25, 0.3) is 0 Å². The second kappa shape index (κ2) is 10.6. The predicted molar refractivity (Wildman–Crippen MR) is 107 cm³/mol. The van der Waals surface area contributed by atoms with Crippen molar-refractivity contribution in [2.24, 2.45) is 4.99 Å². The number of carbonyl (C=O) groups is 1. The highest BCUT2D eigenvalue weighted by molar-refractivity contribution is 14.0. The second-order valence-corrected chi connectivity index (χ2v) is 7.50.